The second-order valence-electron chi connectivity index (χ2n) is 4.71. The Morgan fingerprint density at radius 3 is 2.42 bits per heavy atom. The summed E-state index contributed by atoms with van der Waals surface area (Å²) in [6.45, 7) is -0.0104. The van der Waals surface area contributed by atoms with Crippen molar-refractivity contribution in [2.75, 3.05) is 6.61 Å². The van der Waals surface area contributed by atoms with E-state index >= 15 is 0 Å². The van der Waals surface area contributed by atoms with Crippen LogP contribution in [-0.4, -0.2) is 26.2 Å². The van der Waals surface area contributed by atoms with Crippen LogP contribution in [0.5, 0.6) is 0 Å². The van der Waals surface area contributed by atoms with Crippen molar-refractivity contribution in [3.05, 3.63) is 28.2 Å². The highest BCUT2D eigenvalue weighted by atomic mass is 35.5. The Labute approximate surface area is 122 Å². The molecule has 4 nitrogen and oxygen atoms in total. The first-order valence-electron chi connectivity index (χ1n) is 6.01. The van der Waals surface area contributed by atoms with E-state index in [1.54, 1.807) is 0 Å². The molecule has 0 bridgehead atoms. The van der Waals surface area contributed by atoms with Crippen molar-refractivity contribution in [1.29, 1.82) is 0 Å². The quantitative estimate of drug-likeness (QED) is 0.894. The molecule has 2 atom stereocenters. The molecule has 7 heteroatoms. The molecule has 1 fully saturated rings. The minimum atomic E-state index is -3.66. The minimum Gasteiger partial charge on any atom is -0.396 e. The van der Waals surface area contributed by atoms with Crippen molar-refractivity contribution in [2.24, 2.45) is 5.92 Å². The Balaban J connectivity index is 2.22. The zero-order valence-corrected chi connectivity index (χ0v) is 12.5. The third-order valence-electron chi connectivity index (χ3n) is 3.35. The van der Waals surface area contributed by atoms with E-state index in [9.17, 15) is 13.5 Å². The van der Waals surface area contributed by atoms with Gasteiger partial charge >= 0.3 is 0 Å². The van der Waals surface area contributed by atoms with Crippen molar-refractivity contribution in [3.8, 4) is 0 Å². The largest absolute Gasteiger partial charge is 0.396 e. The summed E-state index contributed by atoms with van der Waals surface area (Å²) in [5, 5.41) is 9.77. The summed E-state index contributed by atoms with van der Waals surface area (Å²) in [6, 6.07) is 3.97. The summed E-state index contributed by atoms with van der Waals surface area (Å²) in [4.78, 5) is 0.0496. The summed E-state index contributed by atoms with van der Waals surface area (Å²) >= 11 is 11.6. The molecule has 0 spiro atoms. The van der Waals surface area contributed by atoms with Gasteiger partial charge in [0.1, 0.15) is 0 Å². The smallest absolute Gasteiger partial charge is 0.240 e. The van der Waals surface area contributed by atoms with Crippen LogP contribution in [0.1, 0.15) is 19.3 Å². The first-order valence-corrected chi connectivity index (χ1v) is 8.25. The third-order valence-corrected chi connectivity index (χ3v) is 5.25. The molecule has 0 aromatic heterocycles. The van der Waals surface area contributed by atoms with Gasteiger partial charge in [0, 0.05) is 22.7 Å². The molecule has 2 N–H and O–H groups in total. The molecule has 1 aliphatic carbocycles. The Hall–Kier alpha value is -0.330. The molecular weight excluding hydrogens is 309 g/mol. The van der Waals surface area contributed by atoms with Crippen molar-refractivity contribution < 1.29 is 13.5 Å². The number of hydrogen-bond donors (Lipinski definition) is 2. The minimum absolute atomic E-state index is 0.0104. The average Bonchev–Trinajstić information content (AvgIpc) is 2.74. The lowest BCUT2D eigenvalue weighted by atomic mass is 10.1. The highest BCUT2D eigenvalue weighted by Crippen LogP contribution is 2.28. The fraction of sp³-hybridized carbons (Fsp3) is 0.500. The molecule has 1 saturated carbocycles. The van der Waals surface area contributed by atoms with Crippen LogP contribution in [0, 0.1) is 5.92 Å². The van der Waals surface area contributed by atoms with Gasteiger partial charge in [-0.15, -0.1) is 0 Å². The van der Waals surface area contributed by atoms with Gasteiger partial charge in [0.25, 0.3) is 0 Å². The lowest BCUT2D eigenvalue weighted by Gasteiger charge is -2.19. The fourth-order valence-corrected chi connectivity index (χ4v) is 4.43. The van der Waals surface area contributed by atoms with E-state index in [1.807, 2.05) is 0 Å². The lowest BCUT2D eigenvalue weighted by Crippen LogP contribution is -2.38. The van der Waals surface area contributed by atoms with Crippen LogP contribution in [0.25, 0.3) is 0 Å². The van der Waals surface area contributed by atoms with Gasteiger partial charge in [0.2, 0.25) is 10.0 Å². The van der Waals surface area contributed by atoms with Crippen LogP contribution in [0.15, 0.2) is 23.1 Å². The van der Waals surface area contributed by atoms with E-state index in [-0.39, 0.29) is 33.5 Å². The molecule has 1 aromatic carbocycles. The second-order valence-corrected chi connectivity index (χ2v) is 7.29. The van der Waals surface area contributed by atoms with Crippen LogP contribution in [0.2, 0.25) is 10.0 Å². The fourth-order valence-electron chi connectivity index (χ4n) is 2.36. The zero-order chi connectivity index (χ0) is 14.0. The molecule has 1 aliphatic rings. The number of benzene rings is 1. The Morgan fingerprint density at radius 2 is 1.84 bits per heavy atom. The monoisotopic (exact) mass is 323 g/mol. The van der Waals surface area contributed by atoms with E-state index in [4.69, 9.17) is 23.2 Å². The van der Waals surface area contributed by atoms with Gasteiger partial charge in [-0.3, -0.25) is 0 Å². The lowest BCUT2D eigenvalue weighted by molar-refractivity contribution is 0.213. The van der Waals surface area contributed by atoms with Gasteiger partial charge in [-0.1, -0.05) is 29.6 Å². The maximum atomic E-state index is 12.2. The molecule has 0 amide bonds. The molecule has 1 aromatic rings. The summed E-state index contributed by atoms with van der Waals surface area (Å²) in [6.07, 6.45) is 2.48. The molecule has 2 rings (SSSR count). The Bertz CT molecular complexity index is 542. The number of hydrogen-bond acceptors (Lipinski definition) is 3. The predicted molar refractivity (Wildman–Crippen MR) is 75.0 cm³/mol. The molecular formula is C12H15Cl2NO3S. The number of nitrogens with one attached hydrogen (secondary N) is 1. The maximum Gasteiger partial charge on any atom is 0.240 e. The van der Waals surface area contributed by atoms with Gasteiger partial charge in [0.05, 0.1) is 4.90 Å². The number of sulfonamides is 1. The van der Waals surface area contributed by atoms with Crippen molar-refractivity contribution in [1.82, 2.24) is 4.72 Å². The van der Waals surface area contributed by atoms with Crippen LogP contribution in [0.4, 0.5) is 0 Å². The first-order chi connectivity index (χ1) is 8.92. The van der Waals surface area contributed by atoms with Gasteiger partial charge in [-0.2, -0.15) is 0 Å². The molecule has 0 heterocycles. The van der Waals surface area contributed by atoms with E-state index < -0.39 is 10.0 Å². The summed E-state index contributed by atoms with van der Waals surface area (Å²) in [5.74, 6) is -0.0237. The van der Waals surface area contributed by atoms with Crippen molar-refractivity contribution in [3.63, 3.8) is 0 Å². The van der Waals surface area contributed by atoms with Gasteiger partial charge in [0.15, 0.2) is 0 Å². The third kappa shape index (κ3) is 3.61. The standard InChI is InChI=1S/C12H15Cl2NO3S/c13-9-4-10(14)6-11(5-9)19(17,18)15-12-3-1-2-8(12)7-16/h4-6,8,12,15-16H,1-3,7H2. The SMILES string of the molecule is O=S(=O)(NC1CCCC1CO)c1cc(Cl)cc(Cl)c1. The predicted octanol–water partition coefficient (Wildman–Crippen LogP) is 2.43. The Kier molecular flexibility index (Phi) is 4.74. The highest BCUT2D eigenvalue weighted by Gasteiger charge is 2.30. The van der Waals surface area contributed by atoms with Gasteiger partial charge < -0.3 is 5.11 Å². The second kappa shape index (κ2) is 5.97. The molecule has 0 radical (unpaired) electrons. The van der Waals surface area contributed by atoms with Crippen LogP contribution >= 0.6 is 23.2 Å². The molecule has 2 unspecified atom stereocenters. The first kappa shape index (κ1) is 15.1. The van der Waals surface area contributed by atoms with E-state index in [2.05, 4.69) is 4.72 Å². The number of rotatable bonds is 4. The molecule has 19 heavy (non-hydrogen) atoms. The van der Waals surface area contributed by atoms with Crippen molar-refractivity contribution >= 4 is 33.2 Å². The normalized spacial score (nSPS) is 23.7. The molecule has 0 saturated heterocycles. The van der Waals surface area contributed by atoms with E-state index in [0.717, 1.165) is 19.3 Å². The van der Waals surface area contributed by atoms with E-state index in [0.29, 0.717) is 0 Å². The van der Waals surface area contributed by atoms with Crippen LogP contribution in [-0.2, 0) is 10.0 Å². The van der Waals surface area contributed by atoms with Crippen LogP contribution in [0.3, 0.4) is 0 Å². The maximum absolute atomic E-state index is 12.2. The van der Waals surface area contributed by atoms with Crippen LogP contribution < -0.4 is 4.72 Å². The topological polar surface area (TPSA) is 66.4 Å². The molecule has 106 valence electrons. The summed E-state index contributed by atoms with van der Waals surface area (Å²) < 4.78 is 27.1. The van der Waals surface area contributed by atoms with E-state index in [1.165, 1.54) is 18.2 Å². The summed E-state index contributed by atoms with van der Waals surface area (Å²) in [5.41, 5.74) is 0. The van der Waals surface area contributed by atoms with Gasteiger partial charge in [-0.05, 0) is 37.0 Å². The average molecular weight is 324 g/mol. The molecule has 0 aliphatic heterocycles. The zero-order valence-electron chi connectivity index (χ0n) is 10.1. The number of aliphatic hydroxyl groups excluding tert-OH is 1. The highest BCUT2D eigenvalue weighted by molar-refractivity contribution is 7.89. The van der Waals surface area contributed by atoms with Gasteiger partial charge in [-0.25, -0.2) is 13.1 Å². The van der Waals surface area contributed by atoms with Crippen molar-refractivity contribution in [2.45, 2.75) is 30.2 Å². The Morgan fingerprint density at radius 1 is 1.21 bits per heavy atom. The summed E-state index contributed by atoms with van der Waals surface area (Å²) in [7, 11) is -3.66. The number of aliphatic hydroxyl groups is 1. The number of halogens is 2.